The number of carbonyl (C=O) groups excluding carboxylic acids is 1. The number of hydrogen-bond acceptors (Lipinski definition) is 5. The second-order valence-electron chi connectivity index (χ2n) is 5.07. The van der Waals surface area contributed by atoms with E-state index in [1.807, 2.05) is 30.3 Å². The van der Waals surface area contributed by atoms with E-state index in [1.54, 1.807) is 43.2 Å². The maximum absolute atomic E-state index is 12.4. The Bertz CT molecular complexity index is 845. The first kappa shape index (κ1) is 15.5. The fourth-order valence-electron chi connectivity index (χ4n) is 2.10. The largest absolute Gasteiger partial charge is 0.439 e. The van der Waals surface area contributed by atoms with E-state index in [4.69, 9.17) is 4.74 Å². The third-order valence-corrected chi connectivity index (χ3v) is 3.24. The van der Waals surface area contributed by atoms with Crippen LogP contribution in [0.3, 0.4) is 0 Å². The molecular weight excluding hydrogens is 306 g/mol. The summed E-state index contributed by atoms with van der Waals surface area (Å²) in [6.45, 7) is 0. The molecule has 2 heterocycles. The third-order valence-electron chi connectivity index (χ3n) is 3.24. The lowest BCUT2D eigenvalue weighted by molar-refractivity contribution is 0.102. The predicted octanol–water partition coefficient (Wildman–Crippen LogP) is 2.90. The molecule has 0 aliphatic carbocycles. The Morgan fingerprint density at radius 3 is 2.58 bits per heavy atom. The smallest absolute Gasteiger partial charge is 0.257 e. The molecule has 0 atom stereocenters. The minimum atomic E-state index is -0.287. The average molecular weight is 323 g/mol. The van der Waals surface area contributed by atoms with Gasteiger partial charge in [0.05, 0.1) is 0 Å². The van der Waals surface area contributed by atoms with Crippen LogP contribution in [0.4, 0.5) is 11.6 Å². The molecule has 0 spiro atoms. The topological polar surface area (TPSA) is 81.1 Å². The molecule has 0 unspecified atom stereocenters. The summed E-state index contributed by atoms with van der Waals surface area (Å²) in [5, 5.41) is 9.80. The van der Waals surface area contributed by atoms with Gasteiger partial charge in [0, 0.05) is 38.0 Å². The van der Waals surface area contributed by atoms with Gasteiger partial charge in [-0.15, -0.1) is 0 Å². The van der Waals surface area contributed by atoms with Crippen LogP contribution >= 0.6 is 0 Å². The molecule has 24 heavy (non-hydrogen) atoms. The highest BCUT2D eigenvalue weighted by Crippen LogP contribution is 2.23. The van der Waals surface area contributed by atoms with Gasteiger partial charge < -0.3 is 15.4 Å². The van der Waals surface area contributed by atoms with Crippen LogP contribution in [-0.2, 0) is 7.05 Å². The summed E-state index contributed by atoms with van der Waals surface area (Å²) in [7, 11) is 3.52. The molecule has 0 radical (unpaired) electrons. The number of nitrogens with one attached hydrogen (secondary N) is 2. The van der Waals surface area contributed by atoms with Crippen molar-refractivity contribution in [2.45, 2.75) is 0 Å². The molecule has 0 aliphatic rings. The van der Waals surface area contributed by atoms with Gasteiger partial charge in [0.15, 0.2) is 5.82 Å². The molecule has 1 amide bonds. The minimum Gasteiger partial charge on any atom is -0.439 e. The zero-order valence-electron chi connectivity index (χ0n) is 13.4. The van der Waals surface area contributed by atoms with Crippen molar-refractivity contribution in [2.24, 2.45) is 7.05 Å². The highest BCUT2D eigenvalue weighted by Gasteiger charge is 2.12. The Morgan fingerprint density at radius 2 is 1.92 bits per heavy atom. The molecule has 122 valence electrons. The van der Waals surface area contributed by atoms with Crippen LogP contribution in [0.15, 0.2) is 54.7 Å². The van der Waals surface area contributed by atoms with Crippen LogP contribution in [0.2, 0.25) is 0 Å². The van der Waals surface area contributed by atoms with Gasteiger partial charge in [0.25, 0.3) is 5.91 Å². The first-order chi connectivity index (χ1) is 11.6. The maximum Gasteiger partial charge on any atom is 0.257 e. The van der Waals surface area contributed by atoms with Crippen molar-refractivity contribution in [3.05, 3.63) is 60.3 Å². The first-order valence-corrected chi connectivity index (χ1v) is 7.38. The van der Waals surface area contributed by atoms with E-state index in [0.717, 1.165) is 0 Å². The Kier molecular flexibility index (Phi) is 4.42. The highest BCUT2D eigenvalue weighted by atomic mass is 16.5. The van der Waals surface area contributed by atoms with Crippen LogP contribution in [-0.4, -0.2) is 27.7 Å². The lowest BCUT2D eigenvalue weighted by Crippen LogP contribution is -2.13. The molecule has 3 aromatic rings. The number of hydrogen-bond donors (Lipinski definition) is 2. The summed E-state index contributed by atoms with van der Waals surface area (Å²) in [5.74, 6) is 1.71. The Labute approximate surface area is 139 Å². The number of para-hydroxylation sites is 1. The van der Waals surface area contributed by atoms with Crippen molar-refractivity contribution in [2.75, 3.05) is 17.7 Å². The molecule has 3 rings (SSSR count). The SMILES string of the molecule is CNc1cc(C(=O)Nc2ccn(C)n2)cc(Oc2ccccc2)n1. The van der Waals surface area contributed by atoms with E-state index in [1.165, 1.54) is 0 Å². The van der Waals surface area contributed by atoms with Gasteiger partial charge in [-0.25, -0.2) is 0 Å². The van der Waals surface area contributed by atoms with Crippen LogP contribution in [0.5, 0.6) is 11.6 Å². The number of benzene rings is 1. The molecule has 0 aliphatic heterocycles. The van der Waals surface area contributed by atoms with E-state index >= 15 is 0 Å². The van der Waals surface area contributed by atoms with Gasteiger partial charge in [0.1, 0.15) is 11.6 Å². The number of aromatic nitrogens is 3. The van der Waals surface area contributed by atoms with E-state index in [0.29, 0.717) is 28.8 Å². The molecule has 2 aromatic heterocycles. The van der Waals surface area contributed by atoms with Crippen molar-refractivity contribution in [1.29, 1.82) is 0 Å². The Balaban J connectivity index is 1.84. The molecular formula is C17H17N5O2. The monoisotopic (exact) mass is 323 g/mol. The molecule has 0 fully saturated rings. The summed E-state index contributed by atoms with van der Waals surface area (Å²) >= 11 is 0. The van der Waals surface area contributed by atoms with Gasteiger partial charge in [-0.2, -0.15) is 10.1 Å². The van der Waals surface area contributed by atoms with Crippen molar-refractivity contribution in [3.63, 3.8) is 0 Å². The van der Waals surface area contributed by atoms with Gasteiger partial charge in [-0.3, -0.25) is 9.48 Å². The van der Waals surface area contributed by atoms with E-state index in [9.17, 15) is 4.79 Å². The number of amides is 1. The second-order valence-corrected chi connectivity index (χ2v) is 5.07. The predicted molar refractivity (Wildman–Crippen MR) is 91.5 cm³/mol. The molecule has 0 saturated heterocycles. The average Bonchev–Trinajstić information content (AvgIpc) is 3.00. The molecule has 7 nitrogen and oxygen atoms in total. The van der Waals surface area contributed by atoms with Crippen molar-refractivity contribution < 1.29 is 9.53 Å². The Hall–Kier alpha value is -3.35. The fraction of sp³-hybridized carbons (Fsp3) is 0.118. The molecule has 1 aromatic carbocycles. The zero-order valence-corrected chi connectivity index (χ0v) is 13.4. The lowest BCUT2D eigenvalue weighted by Gasteiger charge is -2.09. The quantitative estimate of drug-likeness (QED) is 0.754. The summed E-state index contributed by atoms with van der Waals surface area (Å²) in [6.07, 6.45) is 1.76. The molecule has 0 bridgehead atoms. The number of rotatable bonds is 5. The number of nitrogens with zero attached hydrogens (tertiary/aromatic N) is 3. The van der Waals surface area contributed by atoms with Gasteiger partial charge in [-0.05, 0) is 18.2 Å². The van der Waals surface area contributed by atoms with Gasteiger partial charge in [-0.1, -0.05) is 18.2 Å². The standard InChI is InChI=1S/C17H17N5O2/c1-18-15-10-12(17(23)20-14-8-9-22(2)21-14)11-16(19-15)24-13-6-4-3-5-7-13/h3-11H,1-2H3,(H,18,19)(H,20,21,23). The van der Waals surface area contributed by atoms with Crippen LogP contribution in [0.25, 0.3) is 0 Å². The second kappa shape index (κ2) is 6.82. The van der Waals surface area contributed by atoms with Crippen molar-refractivity contribution in [1.82, 2.24) is 14.8 Å². The van der Waals surface area contributed by atoms with Gasteiger partial charge in [0.2, 0.25) is 5.88 Å². The maximum atomic E-state index is 12.4. The van der Waals surface area contributed by atoms with E-state index in [2.05, 4.69) is 20.7 Å². The van der Waals surface area contributed by atoms with Crippen molar-refractivity contribution >= 4 is 17.5 Å². The normalized spacial score (nSPS) is 10.2. The summed E-state index contributed by atoms with van der Waals surface area (Å²) in [6, 6.07) is 14.2. The van der Waals surface area contributed by atoms with Crippen LogP contribution < -0.4 is 15.4 Å². The highest BCUT2D eigenvalue weighted by molar-refractivity contribution is 6.04. The summed E-state index contributed by atoms with van der Waals surface area (Å²) < 4.78 is 7.33. The van der Waals surface area contributed by atoms with Gasteiger partial charge >= 0.3 is 0 Å². The van der Waals surface area contributed by atoms with E-state index < -0.39 is 0 Å². The third kappa shape index (κ3) is 3.70. The molecule has 2 N–H and O–H groups in total. The number of pyridine rings is 1. The first-order valence-electron chi connectivity index (χ1n) is 7.38. The fourth-order valence-corrected chi connectivity index (χ4v) is 2.10. The number of aryl methyl sites for hydroxylation is 1. The minimum absolute atomic E-state index is 0.287. The van der Waals surface area contributed by atoms with Crippen molar-refractivity contribution in [3.8, 4) is 11.6 Å². The number of anilines is 2. The zero-order chi connectivity index (χ0) is 16.9. The number of ether oxygens (including phenoxy) is 1. The molecule has 0 saturated carbocycles. The Morgan fingerprint density at radius 1 is 1.12 bits per heavy atom. The lowest BCUT2D eigenvalue weighted by atomic mass is 10.2. The molecule has 7 heteroatoms. The summed E-state index contributed by atoms with van der Waals surface area (Å²) in [5.41, 5.74) is 0.422. The van der Waals surface area contributed by atoms with E-state index in [-0.39, 0.29) is 5.91 Å². The van der Waals surface area contributed by atoms with Crippen LogP contribution in [0, 0.1) is 0 Å². The number of carbonyl (C=O) groups is 1. The van der Waals surface area contributed by atoms with Crippen LogP contribution in [0.1, 0.15) is 10.4 Å². The summed E-state index contributed by atoms with van der Waals surface area (Å²) in [4.78, 5) is 16.7.